The quantitative estimate of drug-likeness (QED) is 0.424. The number of carbonyl (C=O) groups is 4. The van der Waals surface area contributed by atoms with E-state index in [0.717, 1.165) is 10.8 Å². The summed E-state index contributed by atoms with van der Waals surface area (Å²) in [5, 5.41) is 14.4. The van der Waals surface area contributed by atoms with Crippen molar-refractivity contribution >= 4 is 40.2 Å². The molecule has 10 nitrogen and oxygen atoms in total. The monoisotopic (exact) mass is 573 g/mol. The van der Waals surface area contributed by atoms with Crippen molar-refractivity contribution in [3.63, 3.8) is 0 Å². The number of esters is 1. The van der Waals surface area contributed by atoms with Crippen LogP contribution >= 0.6 is 0 Å². The molecule has 2 aromatic rings. The number of aliphatic hydroxyl groups excluding tert-OH is 1. The molecule has 4 aliphatic heterocycles. The van der Waals surface area contributed by atoms with E-state index in [-0.39, 0.29) is 56.8 Å². The molecule has 4 heterocycles. The summed E-state index contributed by atoms with van der Waals surface area (Å²) in [4.78, 5) is 57.7. The number of amides is 3. The third-order valence-corrected chi connectivity index (χ3v) is 8.64. The van der Waals surface area contributed by atoms with Crippen LogP contribution in [0.4, 0.5) is 5.69 Å². The van der Waals surface area contributed by atoms with Gasteiger partial charge in [-0.2, -0.15) is 0 Å². The number of rotatable bonds is 4. The molecule has 5 bridgehead atoms. The maximum atomic E-state index is 14.7. The molecule has 2 saturated heterocycles. The number of allylic oxidation sites excluding steroid dienone is 1. The fraction of sp³-hybridized carbons (Fsp3) is 0.438. The first-order chi connectivity index (χ1) is 20.3. The van der Waals surface area contributed by atoms with Crippen molar-refractivity contribution in [1.82, 2.24) is 10.2 Å². The number of nitrogens with one attached hydrogen (secondary N) is 1. The molecule has 0 aromatic heterocycles. The van der Waals surface area contributed by atoms with E-state index >= 15 is 0 Å². The Labute approximate surface area is 243 Å². The van der Waals surface area contributed by atoms with Gasteiger partial charge in [0.2, 0.25) is 11.8 Å². The van der Waals surface area contributed by atoms with Gasteiger partial charge in [0.25, 0.3) is 5.91 Å². The minimum absolute atomic E-state index is 0.136. The molecule has 220 valence electrons. The lowest BCUT2D eigenvalue weighted by Crippen LogP contribution is -2.56. The number of anilines is 1. The van der Waals surface area contributed by atoms with E-state index in [2.05, 4.69) is 5.32 Å². The molecule has 6 atom stereocenters. The number of fused-ring (bicyclic) bond motifs is 3. The van der Waals surface area contributed by atoms with Crippen molar-refractivity contribution < 1.29 is 33.8 Å². The summed E-state index contributed by atoms with van der Waals surface area (Å²) in [6, 6.07) is 12.6. The summed E-state index contributed by atoms with van der Waals surface area (Å²) < 4.78 is 12.1. The first-order valence-electron chi connectivity index (χ1n) is 14.5. The van der Waals surface area contributed by atoms with Gasteiger partial charge < -0.3 is 29.7 Å². The summed E-state index contributed by atoms with van der Waals surface area (Å²) in [6.07, 6.45) is 6.87. The average Bonchev–Trinajstić information content (AvgIpc) is 3.63. The van der Waals surface area contributed by atoms with Gasteiger partial charge in [-0.3, -0.25) is 19.2 Å². The molecule has 2 fully saturated rings. The van der Waals surface area contributed by atoms with E-state index in [1.165, 1.54) is 4.90 Å². The molecule has 3 amide bonds. The van der Waals surface area contributed by atoms with Gasteiger partial charge in [-0.15, -0.1) is 0 Å². The highest BCUT2D eigenvalue weighted by atomic mass is 16.6. The van der Waals surface area contributed by atoms with Crippen LogP contribution in [0.2, 0.25) is 0 Å². The first kappa shape index (κ1) is 28.1. The Morgan fingerprint density at radius 3 is 2.67 bits per heavy atom. The zero-order valence-electron chi connectivity index (χ0n) is 23.5. The summed E-state index contributed by atoms with van der Waals surface area (Å²) in [5.74, 6) is -3.36. The number of aliphatic hydroxyl groups is 1. The van der Waals surface area contributed by atoms with E-state index in [1.807, 2.05) is 54.6 Å². The minimum atomic E-state index is -1.35. The van der Waals surface area contributed by atoms with Crippen molar-refractivity contribution in [3.05, 3.63) is 66.8 Å². The standard InChI is InChI=1S/C32H35N3O7/c1-20-19-33-25(37)10-3-2-6-15-34(23-12-11-21-8-4-5-9-22(21)18-23)30(39)28-32-14-13-24(42-32)26(31(40)41-20)27(32)29(38)35(28)16-7-17-36/h2,4-6,8-9,11-14,18,20,24,26-28,36H,3,7,10,15-17,19H2,1H3,(H,33,37)/b6-2-/t20-,24+,26-,27-,28+,32-/m0/s1. The zero-order chi connectivity index (χ0) is 29.4. The van der Waals surface area contributed by atoms with Gasteiger partial charge in [0.1, 0.15) is 23.7 Å². The Bertz CT molecular complexity index is 1470. The summed E-state index contributed by atoms with van der Waals surface area (Å²) >= 11 is 0. The maximum absolute atomic E-state index is 14.7. The summed E-state index contributed by atoms with van der Waals surface area (Å²) in [7, 11) is 0. The molecule has 0 saturated carbocycles. The van der Waals surface area contributed by atoms with Crippen LogP contribution in [0.5, 0.6) is 0 Å². The van der Waals surface area contributed by atoms with Crippen molar-refractivity contribution in [3.8, 4) is 0 Å². The predicted octanol–water partition coefficient (Wildman–Crippen LogP) is 2.10. The number of likely N-dealkylation sites (tertiary alicyclic amines) is 1. The summed E-state index contributed by atoms with van der Waals surface area (Å²) in [5.41, 5.74) is -0.697. The normalized spacial score (nSPS) is 32.3. The molecule has 0 radical (unpaired) electrons. The summed E-state index contributed by atoms with van der Waals surface area (Å²) in [6.45, 7) is 2.01. The van der Waals surface area contributed by atoms with Crippen LogP contribution in [0.15, 0.2) is 66.8 Å². The van der Waals surface area contributed by atoms with E-state index in [0.29, 0.717) is 12.1 Å². The van der Waals surface area contributed by atoms with Crippen LogP contribution in [0.3, 0.4) is 0 Å². The number of hydrogen-bond acceptors (Lipinski definition) is 7. The average molecular weight is 574 g/mol. The largest absolute Gasteiger partial charge is 0.460 e. The molecule has 2 aromatic carbocycles. The third-order valence-electron chi connectivity index (χ3n) is 8.64. The highest BCUT2D eigenvalue weighted by Gasteiger charge is 2.73. The smallest absolute Gasteiger partial charge is 0.313 e. The lowest BCUT2D eigenvalue weighted by Gasteiger charge is -2.36. The van der Waals surface area contributed by atoms with Gasteiger partial charge in [-0.1, -0.05) is 54.6 Å². The van der Waals surface area contributed by atoms with E-state index in [4.69, 9.17) is 9.47 Å². The number of cyclic esters (lactones) is 1. The number of ether oxygens (including phenoxy) is 2. The lowest BCUT2D eigenvalue weighted by molar-refractivity contribution is -0.158. The topological polar surface area (TPSA) is 125 Å². The fourth-order valence-electron chi connectivity index (χ4n) is 6.69. The van der Waals surface area contributed by atoms with Crippen LogP contribution in [0.25, 0.3) is 10.8 Å². The maximum Gasteiger partial charge on any atom is 0.313 e. The Hall–Kier alpha value is -4.02. The number of benzene rings is 2. The fourth-order valence-corrected chi connectivity index (χ4v) is 6.69. The highest BCUT2D eigenvalue weighted by molar-refractivity contribution is 6.06. The number of carbonyl (C=O) groups excluding carboxylic acids is 4. The molecule has 6 rings (SSSR count). The minimum Gasteiger partial charge on any atom is -0.460 e. The second-order valence-electron chi connectivity index (χ2n) is 11.4. The molecular formula is C32H35N3O7. The number of hydrogen-bond donors (Lipinski definition) is 2. The van der Waals surface area contributed by atoms with Gasteiger partial charge in [0, 0.05) is 31.8 Å². The Balaban J connectivity index is 1.44. The van der Waals surface area contributed by atoms with Crippen molar-refractivity contribution in [2.24, 2.45) is 11.8 Å². The first-order valence-corrected chi connectivity index (χ1v) is 14.5. The van der Waals surface area contributed by atoms with Crippen LogP contribution in [-0.4, -0.2) is 83.8 Å². The molecule has 4 aliphatic rings. The second-order valence-corrected chi connectivity index (χ2v) is 11.4. The molecule has 0 aliphatic carbocycles. The molecule has 0 unspecified atom stereocenters. The Kier molecular flexibility index (Phi) is 7.59. The zero-order valence-corrected chi connectivity index (χ0v) is 23.5. The molecule has 10 heteroatoms. The molecule has 2 N–H and O–H groups in total. The van der Waals surface area contributed by atoms with Gasteiger partial charge in [0.15, 0.2) is 0 Å². The van der Waals surface area contributed by atoms with Crippen LogP contribution in [0.1, 0.15) is 26.2 Å². The van der Waals surface area contributed by atoms with Crippen LogP contribution < -0.4 is 10.2 Å². The Morgan fingerprint density at radius 2 is 1.86 bits per heavy atom. The second kappa shape index (κ2) is 11.3. The third kappa shape index (κ3) is 4.78. The predicted molar refractivity (Wildman–Crippen MR) is 154 cm³/mol. The lowest BCUT2D eigenvalue weighted by atomic mass is 9.74. The van der Waals surface area contributed by atoms with E-state index in [1.54, 1.807) is 24.0 Å². The number of nitrogens with zero attached hydrogens (tertiary/aromatic N) is 2. The van der Waals surface area contributed by atoms with Crippen LogP contribution in [0, 0.1) is 11.8 Å². The van der Waals surface area contributed by atoms with Gasteiger partial charge >= 0.3 is 5.97 Å². The Morgan fingerprint density at radius 1 is 1.05 bits per heavy atom. The van der Waals surface area contributed by atoms with Gasteiger partial charge in [-0.25, -0.2) is 0 Å². The van der Waals surface area contributed by atoms with E-state index < -0.39 is 41.7 Å². The highest BCUT2D eigenvalue weighted by Crippen LogP contribution is 2.55. The van der Waals surface area contributed by atoms with E-state index in [9.17, 15) is 24.3 Å². The van der Waals surface area contributed by atoms with Crippen molar-refractivity contribution in [2.45, 2.75) is 50.0 Å². The van der Waals surface area contributed by atoms with Gasteiger partial charge in [0.05, 0.1) is 18.6 Å². The van der Waals surface area contributed by atoms with Crippen molar-refractivity contribution in [1.29, 1.82) is 0 Å². The molecular weight excluding hydrogens is 538 g/mol. The van der Waals surface area contributed by atoms with Crippen molar-refractivity contribution in [2.75, 3.05) is 31.1 Å². The SMILES string of the molecule is C[C@H]1CNC(=O)CC/C=C\CN(c2ccc3ccccc3c2)C(=O)[C@H]2N(CCCO)C(=O)[C@@H]3[C@@H](C(=O)O1)[C@H]1C=C[C@]32O1. The van der Waals surface area contributed by atoms with Gasteiger partial charge in [-0.05, 0) is 42.7 Å². The molecule has 42 heavy (non-hydrogen) atoms. The van der Waals surface area contributed by atoms with Crippen LogP contribution in [-0.2, 0) is 28.7 Å². The molecule has 1 spiro atoms.